The zero-order valence-electron chi connectivity index (χ0n) is 13.5. The summed E-state index contributed by atoms with van der Waals surface area (Å²) in [5.74, 6) is -0.332. The normalized spacial score (nSPS) is 20.5. The van der Waals surface area contributed by atoms with Gasteiger partial charge in [0.05, 0.1) is 5.69 Å². The largest absolute Gasteiger partial charge is 0.332 e. The minimum Gasteiger partial charge on any atom is -0.312 e. The molecule has 2 aromatic rings. The van der Waals surface area contributed by atoms with Gasteiger partial charge in [-0.25, -0.2) is 14.7 Å². The number of carbonyl (C=O) groups is 2. The average molecular weight is 443 g/mol. The van der Waals surface area contributed by atoms with Gasteiger partial charge in [-0.2, -0.15) is 0 Å². The number of carbonyl (C=O) groups excluding carboxylic acids is 2. The van der Waals surface area contributed by atoms with Gasteiger partial charge in [0.1, 0.15) is 15.8 Å². The van der Waals surface area contributed by atoms with Gasteiger partial charge in [-0.1, -0.05) is 51.3 Å². The van der Waals surface area contributed by atoms with Crippen molar-refractivity contribution in [2.45, 2.75) is 18.9 Å². The number of amides is 3. The minimum atomic E-state index is -1.01. The van der Waals surface area contributed by atoms with Crippen molar-refractivity contribution in [2.75, 3.05) is 11.9 Å². The molecule has 1 aliphatic rings. The van der Waals surface area contributed by atoms with Gasteiger partial charge < -0.3 is 4.90 Å². The van der Waals surface area contributed by atoms with Gasteiger partial charge in [0.15, 0.2) is 0 Å². The number of hydrogen-bond donors (Lipinski definition) is 0. The molecule has 0 spiro atoms. The number of imide groups is 1. The molecular formula is C17H14BrCl2N3O2. The van der Waals surface area contributed by atoms with Crippen molar-refractivity contribution in [3.8, 4) is 0 Å². The Morgan fingerprint density at radius 1 is 1.12 bits per heavy atom. The first-order valence-electron chi connectivity index (χ1n) is 7.42. The zero-order chi connectivity index (χ0) is 18.4. The summed E-state index contributed by atoms with van der Waals surface area (Å²) >= 11 is 15.2. The second-order valence-electron chi connectivity index (χ2n) is 6.03. The lowest BCUT2D eigenvalue weighted by Crippen LogP contribution is -2.47. The standard InChI is InChI=1S/C17H14BrCl2N3O2/c1-17(9-10-3-5-11(18)6-4-10)15(24)23(16(25)22(17)2)12-7-13(19)21-14(20)8-12/h3-8H,9H2,1-2H3. The Kier molecular flexibility index (Phi) is 4.79. The lowest BCUT2D eigenvalue weighted by Gasteiger charge is -2.28. The first-order valence-corrected chi connectivity index (χ1v) is 8.97. The molecule has 2 heterocycles. The molecule has 1 saturated heterocycles. The molecule has 5 nitrogen and oxygen atoms in total. The minimum absolute atomic E-state index is 0.118. The molecule has 0 aliphatic carbocycles. The van der Waals surface area contributed by atoms with Crippen LogP contribution in [0.3, 0.4) is 0 Å². The van der Waals surface area contributed by atoms with Crippen molar-refractivity contribution < 1.29 is 9.59 Å². The molecule has 8 heteroatoms. The third-order valence-corrected chi connectivity index (χ3v) is 5.27. The maximum Gasteiger partial charge on any atom is 0.332 e. The van der Waals surface area contributed by atoms with Crippen LogP contribution in [0, 0.1) is 0 Å². The fourth-order valence-corrected chi connectivity index (χ4v) is 3.55. The number of halogens is 3. The summed E-state index contributed by atoms with van der Waals surface area (Å²) < 4.78 is 0.950. The second kappa shape index (κ2) is 6.59. The van der Waals surface area contributed by atoms with E-state index >= 15 is 0 Å². The number of urea groups is 1. The van der Waals surface area contributed by atoms with Crippen molar-refractivity contribution in [2.24, 2.45) is 0 Å². The SMILES string of the molecule is CN1C(=O)N(c2cc(Cl)nc(Cl)c2)C(=O)C1(C)Cc1ccc(Br)cc1. The summed E-state index contributed by atoms with van der Waals surface area (Å²) in [7, 11) is 1.61. The third kappa shape index (κ3) is 3.26. The molecule has 1 aliphatic heterocycles. The topological polar surface area (TPSA) is 53.5 Å². The van der Waals surface area contributed by atoms with Gasteiger partial charge in [0.25, 0.3) is 5.91 Å². The van der Waals surface area contributed by atoms with Crippen molar-refractivity contribution in [1.29, 1.82) is 0 Å². The summed E-state index contributed by atoms with van der Waals surface area (Å²) in [5, 5.41) is 0.236. The molecule has 1 fully saturated rings. The van der Waals surface area contributed by atoms with Crippen LogP contribution in [-0.4, -0.2) is 34.4 Å². The first kappa shape index (κ1) is 18.2. The van der Waals surface area contributed by atoms with Crippen LogP contribution in [0.1, 0.15) is 12.5 Å². The van der Waals surface area contributed by atoms with Gasteiger partial charge in [0.2, 0.25) is 0 Å². The van der Waals surface area contributed by atoms with Crippen LogP contribution >= 0.6 is 39.1 Å². The van der Waals surface area contributed by atoms with E-state index < -0.39 is 11.6 Å². The fourth-order valence-electron chi connectivity index (χ4n) is 2.84. The Morgan fingerprint density at radius 3 is 2.24 bits per heavy atom. The Morgan fingerprint density at radius 2 is 1.68 bits per heavy atom. The highest BCUT2D eigenvalue weighted by Gasteiger charge is 2.53. The van der Waals surface area contributed by atoms with Crippen molar-refractivity contribution >= 4 is 56.8 Å². The van der Waals surface area contributed by atoms with Gasteiger partial charge in [-0.3, -0.25) is 4.79 Å². The maximum absolute atomic E-state index is 13.1. The number of aromatic nitrogens is 1. The van der Waals surface area contributed by atoms with Gasteiger partial charge in [-0.05, 0) is 36.8 Å². The van der Waals surface area contributed by atoms with Gasteiger partial charge >= 0.3 is 6.03 Å². The highest BCUT2D eigenvalue weighted by Crippen LogP contribution is 2.35. The van der Waals surface area contributed by atoms with E-state index in [1.54, 1.807) is 14.0 Å². The maximum atomic E-state index is 13.1. The molecule has 1 aromatic carbocycles. The van der Waals surface area contributed by atoms with E-state index in [0.29, 0.717) is 12.1 Å². The Hall–Kier alpha value is -1.63. The van der Waals surface area contributed by atoms with E-state index in [9.17, 15) is 9.59 Å². The van der Waals surface area contributed by atoms with E-state index in [4.69, 9.17) is 23.2 Å². The summed E-state index contributed by atoms with van der Waals surface area (Å²) in [5.41, 5.74) is 0.255. The predicted molar refractivity (Wildman–Crippen MR) is 101 cm³/mol. The molecule has 0 saturated carbocycles. The van der Waals surface area contributed by atoms with Crippen LogP contribution in [-0.2, 0) is 11.2 Å². The molecular weight excluding hydrogens is 429 g/mol. The van der Waals surface area contributed by atoms with Crippen LogP contribution in [0.25, 0.3) is 0 Å². The molecule has 1 atom stereocenters. The molecule has 130 valence electrons. The molecule has 3 amide bonds. The van der Waals surface area contributed by atoms with Gasteiger partial charge in [0, 0.05) is 17.9 Å². The Balaban J connectivity index is 1.98. The lowest BCUT2D eigenvalue weighted by molar-refractivity contribution is -0.123. The summed E-state index contributed by atoms with van der Waals surface area (Å²) in [4.78, 5) is 32.2. The van der Waals surface area contributed by atoms with E-state index in [1.165, 1.54) is 17.0 Å². The highest BCUT2D eigenvalue weighted by atomic mass is 79.9. The second-order valence-corrected chi connectivity index (χ2v) is 7.72. The number of likely N-dealkylation sites (N-methyl/N-ethyl adjacent to an activating group) is 1. The van der Waals surface area contributed by atoms with Crippen LogP contribution in [0.15, 0.2) is 40.9 Å². The highest BCUT2D eigenvalue weighted by molar-refractivity contribution is 9.10. The number of hydrogen-bond acceptors (Lipinski definition) is 3. The molecule has 0 N–H and O–H groups in total. The smallest absolute Gasteiger partial charge is 0.312 e. The molecule has 1 unspecified atom stereocenters. The number of benzene rings is 1. The van der Waals surface area contributed by atoms with E-state index in [1.807, 2.05) is 24.3 Å². The third-order valence-electron chi connectivity index (χ3n) is 4.35. The number of rotatable bonds is 3. The fraction of sp³-hybridized carbons (Fsp3) is 0.235. The van der Waals surface area contributed by atoms with Crippen molar-refractivity contribution in [3.05, 3.63) is 56.7 Å². The number of nitrogens with zero attached hydrogens (tertiary/aromatic N) is 3. The monoisotopic (exact) mass is 441 g/mol. The van der Waals surface area contributed by atoms with Crippen LogP contribution in [0.5, 0.6) is 0 Å². The lowest BCUT2D eigenvalue weighted by atomic mass is 9.91. The van der Waals surface area contributed by atoms with Crippen molar-refractivity contribution in [3.63, 3.8) is 0 Å². The molecule has 1 aromatic heterocycles. The average Bonchev–Trinajstić information content (AvgIpc) is 2.70. The number of anilines is 1. The van der Waals surface area contributed by atoms with Crippen molar-refractivity contribution in [1.82, 2.24) is 9.88 Å². The summed E-state index contributed by atoms with van der Waals surface area (Å²) in [6.07, 6.45) is 0.393. The van der Waals surface area contributed by atoms with Crippen LogP contribution in [0.4, 0.5) is 10.5 Å². The molecule has 3 rings (SSSR count). The molecule has 0 bridgehead atoms. The quantitative estimate of drug-likeness (QED) is 0.517. The van der Waals surface area contributed by atoms with Crippen LogP contribution in [0.2, 0.25) is 10.3 Å². The zero-order valence-corrected chi connectivity index (χ0v) is 16.6. The first-order chi connectivity index (χ1) is 11.7. The van der Waals surface area contributed by atoms with Gasteiger partial charge in [-0.15, -0.1) is 0 Å². The number of pyridine rings is 1. The Labute approximate surface area is 163 Å². The summed E-state index contributed by atoms with van der Waals surface area (Å²) in [6, 6.07) is 10.1. The molecule has 0 radical (unpaired) electrons. The van der Waals surface area contributed by atoms with E-state index in [2.05, 4.69) is 20.9 Å². The van der Waals surface area contributed by atoms with E-state index in [-0.39, 0.29) is 16.2 Å². The molecule has 25 heavy (non-hydrogen) atoms. The predicted octanol–water partition coefficient (Wildman–Crippen LogP) is 4.55. The summed E-state index contributed by atoms with van der Waals surface area (Å²) in [6.45, 7) is 1.75. The van der Waals surface area contributed by atoms with E-state index in [0.717, 1.165) is 14.9 Å². The Bertz CT molecular complexity index is 839. The van der Waals surface area contributed by atoms with Crippen LogP contribution < -0.4 is 4.90 Å².